The molecule has 0 atom stereocenters. The second kappa shape index (κ2) is 12.3. The fourth-order valence-electron chi connectivity index (χ4n) is 6.43. The van der Waals surface area contributed by atoms with Crippen LogP contribution in [0.5, 0.6) is 0 Å². The molecule has 0 aliphatic heterocycles. The Balaban J connectivity index is 1.36. The van der Waals surface area contributed by atoms with Gasteiger partial charge < -0.3 is 9.84 Å². The maximum absolute atomic E-state index is 14.4. The number of nitrogens with zero attached hydrogens (tertiary/aromatic N) is 5. The molecule has 0 amide bonds. The van der Waals surface area contributed by atoms with Gasteiger partial charge in [0, 0.05) is 23.6 Å². The predicted molar refractivity (Wildman–Crippen MR) is 166 cm³/mol. The summed E-state index contributed by atoms with van der Waals surface area (Å²) in [6.45, 7) is 6.36. The van der Waals surface area contributed by atoms with E-state index < -0.39 is 5.76 Å². The summed E-state index contributed by atoms with van der Waals surface area (Å²) >= 11 is 0. The van der Waals surface area contributed by atoms with E-state index in [-0.39, 0.29) is 23.8 Å². The fraction of sp³-hybridized carbons (Fsp3) is 0.424. The first-order chi connectivity index (χ1) is 21.3. The topological polar surface area (TPSA) is 141 Å². The SMILES string of the molecule is CCCc1c(Cc2ccc(-c3ccccc3-c3noc(=O)[nH]3)cc2)c(=O)n(C2CCC(C)(OCCO)CC2)c2nc(C)nn12. The summed E-state index contributed by atoms with van der Waals surface area (Å²) in [6, 6.07) is 15.8. The van der Waals surface area contributed by atoms with E-state index in [0.29, 0.717) is 36.9 Å². The van der Waals surface area contributed by atoms with Crippen molar-refractivity contribution in [2.24, 2.45) is 0 Å². The molecule has 3 heterocycles. The first-order valence-corrected chi connectivity index (χ1v) is 15.3. The Hall–Kier alpha value is -4.35. The Morgan fingerprint density at radius 1 is 1.09 bits per heavy atom. The molecule has 1 saturated carbocycles. The summed E-state index contributed by atoms with van der Waals surface area (Å²) in [5.41, 5.74) is 4.95. The predicted octanol–water partition coefficient (Wildman–Crippen LogP) is 4.64. The Bertz CT molecular complexity index is 1880. The Morgan fingerprint density at radius 2 is 1.82 bits per heavy atom. The standard InChI is InChI=1S/C33H38N6O5/c1-4-7-28-27(20-22-10-12-23(13-11-22)25-8-5-6-9-26(25)29-35-32(42)44-37-29)30(41)38(31-34-21(2)36-39(28)31)24-14-16-33(3,17-15-24)43-19-18-40/h5-6,8-13,24,40H,4,7,14-20H2,1-3H3,(H,35,37,42). The highest BCUT2D eigenvalue weighted by Crippen LogP contribution is 2.37. The molecule has 1 aliphatic carbocycles. The maximum atomic E-state index is 14.4. The monoisotopic (exact) mass is 598 g/mol. The van der Waals surface area contributed by atoms with Gasteiger partial charge in [0.05, 0.1) is 24.5 Å². The zero-order valence-electron chi connectivity index (χ0n) is 25.4. The third-order valence-corrected chi connectivity index (χ3v) is 8.67. The summed E-state index contributed by atoms with van der Waals surface area (Å²) < 4.78 is 14.4. The normalized spacial score (nSPS) is 18.7. The largest absolute Gasteiger partial charge is 0.439 e. The van der Waals surface area contributed by atoms with Crippen molar-refractivity contribution in [1.82, 2.24) is 29.3 Å². The van der Waals surface area contributed by atoms with Gasteiger partial charge in [-0.25, -0.2) is 9.31 Å². The second-order valence-electron chi connectivity index (χ2n) is 11.8. The molecule has 2 aromatic carbocycles. The highest BCUT2D eigenvalue weighted by molar-refractivity contribution is 5.80. The minimum atomic E-state index is -0.601. The smallest absolute Gasteiger partial charge is 0.394 e. The molecular formula is C33H38N6O5. The van der Waals surface area contributed by atoms with Gasteiger partial charge in [-0.05, 0) is 62.6 Å². The summed E-state index contributed by atoms with van der Waals surface area (Å²) in [5, 5.41) is 17.9. The van der Waals surface area contributed by atoms with Crippen molar-refractivity contribution >= 4 is 5.78 Å². The van der Waals surface area contributed by atoms with Crippen molar-refractivity contribution in [3.05, 3.63) is 92.1 Å². The van der Waals surface area contributed by atoms with Crippen LogP contribution in [0.4, 0.5) is 0 Å². The van der Waals surface area contributed by atoms with Crippen LogP contribution in [0.15, 0.2) is 62.6 Å². The number of benzene rings is 2. The first kappa shape index (κ1) is 29.7. The van der Waals surface area contributed by atoms with Crippen molar-refractivity contribution in [2.75, 3.05) is 13.2 Å². The second-order valence-corrected chi connectivity index (χ2v) is 11.8. The quantitative estimate of drug-likeness (QED) is 0.237. The van der Waals surface area contributed by atoms with E-state index >= 15 is 0 Å². The van der Waals surface area contributed by atoms with Gasteiger partial charge in [-0.1, -0.05) is 67.0 Å². The Labute approximate surface area is 254 Å². The van der Waals surface area contributed by atoms with Gasteiger partial charge >= 0.3 is 5.76 Å². The van der Waals surface area contributed by atoms with Crippen LogP contribution >= 0.6 is 0 Å². The number of ether oxygens (including phenoxy) is 1. The molecule has 2 N–H and O–H groups in total. The number of aryl methyl sites for hydroxylation is 2. The van der Waals surface area contributed by atoms with Gasteiger partial charge in [-0.2, -0.15) is 10.1 Å². The molecule has 0 spiro atoms. The molecular weight excluding hydrogens is 560 g/mol. The molecule has 0 saturated heterocycles. The van der Waals surface area contributed by atoms with Gasteiger partial charge in [0.15, 0.2) is 5.82 Å². The number of aliphatic hydroxyl groups excluding tert-OH is 1. The van der Waals surface area contributed by atoms with Gasteiger partial charge in [0.1, 0.15) is 5.82 Å². The van der Waals surface area contributed by atoms with E-state index in [1.54, 1.807) is 0 Å². The number of nitrogens with one attached hydrogen (secondary N) is 1. The van der Waals surface area contributed by atoms with Crippen molar-refractivity contribution in [3.8, 4) is 22.5 Å². The lowest BCUT2D eigenvalue weighted by molar-refractivity contribution is -0.0736. The summed E-state index contributed by atoms with van der Waals surface area (Å²) in [4.78, 5) is 33.3. The van der Waals surface area contributed by atoms with Gasteiger partial charge in [0.25, 0.3) is 5.56 Å². The first-order valence-electron chi connectivity index (χ1n) is 15.3. The van der Waals surface area contributed by atoms with E-state index in [1.807, 2.05) is 64.5 Å². The molecule has 0 bridgehead atoms. The van der Waals surface area contributed by atoms with Gasteiger partial charge in [-0.15, -0.1) is 0 Å². The molecule has 230 valence electrons. The van der Waals surface area contributed by atoms with Crippen molar-refractivity contribution < 1.29 is 14.4 Å². The van der Waals surface area contributed by atoms with Crippen molar-refractivity contribution in [1.29, 1.82) is 0 Å². The average Bonchev–Trinajstić information content (AvgIpc) is 3.64. The number of H-pyrrole nitrogens is 1. The van der Waals surface area contributed by atoms with E-state index in [1.165, 1.54) is 0 Å². The van der Waals surface area contributed by atoms with Crippen LogP contribution in [-0.2, 0) is 17.6 Å². The van der Waals surface area contributed by atoms with Crippen LogP contribution in [0, 0.1) is 6.92 Å². The lowest BCUT2D eigenvalue weighted by Crippen LogP contribution is -2.39. The average molecular weight is 599 g/mol. The lowest BCUT2D eigenvalue weighted by Gasteiger charge is -2.38. The number of aromatic nitrogens is 6. The van der Waals surface area contributed by atoms with Crippen LogP contribution in [0.2, 0.25) is 0 Å². The Morgan fingerprint density at radius 3 is 2.48 bits per heavy atom. The summed E-state index contributed by atoms with van der Waals surface area (Å²) in [5.74, 6) is 1.01. The summed E-state index contributed by atoms with van der Waals surface area (Å²) in [7, 11) is 0. The van der Waals surface area contributed by atoms with Crippen LogP contribution in [0.3, 0.4) is 0 Å². The fourth-order valence-corrected chi connectivity index (χ4v) is 6.43. The summed E-state index contributed by atoms with van der Waals surface area (Å²) in [6.07, 6.45) is 5.19. The third kappa shape index (κ3) is 5.77. The number of fused-ring (bicyclic) bond motifs is 1. The number of hydrogen-bond acceptors (Lipinski definition) is 8. The van der Waals surface area contributed by atoms with Crippen LogP contribution in [-0.4, -0.2) is 53.2 Å². The molecule has 6 rings (SSSR count). The van der Waals surface area contributed by atoms with Crippen LogP contribution in [0.25, 0.3) is 28.3 Å². The molecule has 0 radical (unpaired) electrons. The zero-order chi connectivity index (χ0) is 30.8. The van der Waals surface area contributed by atoms with E-state index in [4.69, 9.17) is 19.3 Å². The molecule has 44 heavy (non-hydrogen) atoms. The van der Waals surface area contributed by atoms with Gasteiger partial charge in [-0.3, -0.25) is 18.9 Å². The number of rotatable bonds is 10. The van der Waals surface area contributed by atoms with E-state index in [9.17, 15) is 14.7 Å². The minimum Gasteiger partial charge on any atom is -0.394 e. The van der Waals surface area contributed by atoms with E-state index in [0.717, 1.165) is 65.6 Å². The molecule has 1 fully saturated rings. The molecule has 11 heteroatoms. The minimum absolute atomic E-state index is 0.00364. The Kier molecular flexibility index (Phi) is 8.33. The lowest BCUT2D eigenvalue weighted by atomic mass is 9.83. The number of aliphatic hydroxyl groups is 1. The van der Waals surface area contributed by atoms with Crippen LogP contribution in [0.1, 0.15) is 74.6 Å². The number of aromatic amines is 1. The van der Waals surface area contributed by atoms with Crippen molar-refractivity contribution in [2.45, 2.75) is 77.4 Å². The van der Waals surface area contributed by atoms with Crippen molar-refractivity contribution in [3.63, 3.8) is 0 Å². The number of hydrogen-bond donors (Lipinski definition) is 2. The van der Waals surface area contributed by atoms with E-state index in [2.05, 4.69) is 24.0 Å². The molecule has 3 aromatic heterocycles. The highest BCUT2D eigenvalue weighted by Gasteiger charge is 2.34. The third-order valence-electron chi connectivity index (χ3n) is 8.67. The molecule has 0 unspecified atom stereocenters. The zero-order valence-corrected chi connectivity index (χ0v) is 25.4. The van der Waals surface area contributed by atoms with Crippen LogP contribution < -0.4 is 11.3 Å². The van der Waals surface area contributed by atoms with Gasteiger partial charge in [0.2, 0.25) is 5.78 Å². The molecule has 5 aromatic rings. The molecule has 11 nitrogen and oxygen atoms in total. The maximum Gasteiger partial charge on any atom is 0.439 e. The highest BCUT2D eigenvalue weighted by atomic mass is 16.5. The molecule has 1 aliphatic rings.